The standard InChI is InChI=1S/C11H18N2/c1-9-4-5-10(2)13(9)11-6-7-12(3)8-11/h4-5,11H,6-8H2,1-3H3. The molecule has 0 aliphatic carbocycles. The van der Waals surface area contributed by atoms with Crippen LogP contribution in [-0.4, -0.2) is 29.6 Å². The maximum absolute atomic E-state index is 2.48. The molecule has 0 saturated carbocycles. The maximum atomic E-state index is 2.48. The van der Waals surface area contributed by atoms with Crippen molar-refractivity contribution in [3.05, 3.63) is 23.5 Å². The van der Waals surface area contributed by atoms with Gasteiger partial charge >= 0.3 is 0 Å². The van der Waals surface area contributed by atoms with Gasteiger partial charge in [0, 0.05) is 24.0 Å². The topological polar surface area (TPSA) is 8.17 Å². The summed E-state index contributed by atoms with van der Waals surface area (Å²) >= 11 is 0. The Morgan fingerprint density at radius 3 is 2.31 bits per heavy atom. The van der Waals surface area contributed by atoms with E-state index in [4.69, 9.17) is 0 Å². The summed E-state index contributed by atoms with van der Waals surface area (Å²) in [4.78, 5) is 2.41. The maximum Gasteiger partial charge on any atom is 0.0474 e. The first-order valence-electron chi connectivity index (χ1n) is 5.01. The van der Waals surface area contributed by atoms with E-state index in [1.165, 1.54) is 30.9 Å². The van der Waals surface area contributed by atoms with E-state index in [0.29, 0.717) is 6.04 Å². The lowest BCUT2D eigenvalue weighted by molar-refractivity contribution is 0.389. The molecule has 0 aromatic carbocycles. The third-order valence-corrected chi connectivity index (χ3v) is 3.06. The molecule has 1 aliphatic heterocycles. The minimum atomic E-state index is 0.708. The molecule has 0 N–H and O–H groups in total. The Bertz CT molecular complexity index is 282. The average molecular weight is 178 g/mol. The van der Waals surface area contributed by atoms with Crippen molar-refractivity contribution >= 4 is 0 Å². The summed E-state index contributed by atoms with van der Waals surface area (Å²) in [5.74, 6) is 0. The number of aryl methyl sites for hydroxylation is 2. The summed E-state index contributed by atoms with van der Waals surface area (Å²) in [7, 11) is 2.20. The number of hydrogen-bond donors (Lipinski definition) is 0. The first-order valence-corrected chi connectivity index (χ1v) is 5.01. The Morgan fingerprint density at radius 2 is 1.85 bits per heavy atom. The van der Waals surface area contributed by atoms with Crippen LogP contribution in [0.15, 0.2) is 12.1 Å². The number of hydrogen-bond acceptors (Lipinski definition) is 1. The van der Waals surface area contributed by atoms with Crippen molar-refractivity contribution in [1.82, 2.24) is 9.47 Å². The van der Waals surface area contributed by atoms with E-state index in [1.54, 1.807) is 0 Å². The van der Waals surface area contributed by atoms with Gasteiger partial charge in [-0.25, -0.2) is 0 Å². The average Bonchev–Trinajstić information content (AvgIpc) is 2.60. The van der Waals surface area contributed by atoms with E-state index in [-0.39, 0.29) is 0 Å². The molecule has 1 unspecified atom stereocenters. The van der Waals surface area contributed by atoms with Crippen LogP contribution in [0.4, 0.5) is 0 Å². The quantitative estimate of drug-likeness (QED) is 0.638. The highest BCUT2D eigenvalue weighted by Crippen LogP contribution is 2.24. The van der Waals surface area contributed by atoms with Gasteiger partial charge in [0.2, 0.25) is 0 Å². The first kappa shape index (κ1) is 8.82. The van der Waals surface area contributed by atoms with E-state index in [9.17, 15) is 0 Å². The molecular weight excluding hydrogens is 160 g/mol. The minimum Gasteiger partial charge on any atom is -0.345 e. The fraction of sp³-hybridized carbons (Fsp3) is 0.636. The molecule has 1 aromatic heterocycles. The molecule has 2 rings (SSSR count). The lowest BCUT2D eigenvalue weighted by Gasteiger charge is -2.17. The summed E-state index contributed by atoms with van der Waals surface area (Å²) in [6.07, 6.45) is 1.30. The summed E-state index contributed by atoms with van der Waals surface area (Å²) in [6, 6.07) is 5.14. The SMILES string of the molecule is Cc1ccc(C)n1C1CCN(C)C1. The Balaban J connectivity index is 2.25. The second kappa shape index (κ2) is 3.18. The largest absolute Gasteiger partial charge is 0.345 e. The van der Waals surface area contributed by atoms with Crippen LogP contribution < -0.4 is 0 Å². The highest BCUT2D eigenvalue weighted by Gasteiger charge is 2.22. The van der Waals surface area contributed by atoms with Crippen LogP contribution in [0, 0.1) is 13.8 Å². The normalized spacial score (nSPS) is 24.1. The van der Waals surface area contributed by atoms with Crippen molar-refractivity contribution < 1.29 is 0 Å². The van der Waals surface area contributed by atoms with Gasteiger partial charge in [0.05, 0.1) is 0 Å². The Kier molecular flexibility index (Phi) is 2.16. The van der Waals surface area contributed by atoms with Crippen LogP contribution >= 0.6 is 0 Å². The molecule has 1 atom stereocenters. The summed E-state index contributed by atoms with van der Waals surface area (Å²) in [5.41, 5.74) is 2.80. The number of likely N-dealkylation sites (tertiary alicyclic amines) is 1. The number of nitrogens with zero attached hydrogens (tertiary/aromatic N) is 2. The van der Waals surface area contributed by atoms with E-state index in [2.05, 4.69) is 42.5 Å². The molecule has 1 aliphatic rings. The molecule has 72 valence electrons. The van der Waals surface area contributed by atoms with Crippen molar-refractivity contribution in [1.29, 1.82) is 0 Å². The molecule has 2 nitrogen and oxygen atoms in total. The molecular formula is C11H18N2. The molecule has 2 heteroatoms. The highest BCUT2D eigenvalue weighted by atomic mass is 15.2. The summed E-state index contributed by atoms with van der Waals surface area (Å²) in [6.45, 7) is 6.84. The highest BCUT2D eigenvalue weighted by molar-refractivity contribution is 5.15. The van der Waals surface area contributed by atoms with Crippen LogP contribution in [0.3, 0.4) is 0 Å². The monoisotopic (exact) mass is 178 g/mol. The Labute approximate surface area is 80.2 Å². The molecule has 13 heavy (non-hydrogen) atoms. The zero-order valence-electron chi connectivity index (χ0n) is 8.75. The third-order valence-electron chi connectivity index (χ3n) is 3.06. The zero-order chi connectivity index (χ0) is 9.42. The van der Waals surface area contributed by atoms with Gasteiger partial charge in [0.1, 0.15) is 0 Å². The van der Waals surface area contributed by atoms with E-state index in [0.717, 1.165) is 0 Å². The van der Waals surface area contributed by atoms with Crippen LogP contribution in [0.25, 0.3) is 0 Å². The lowest BCUT2D eigenvalue weighted by Crippen LogP contribution is -2.17. The lowest BCUT2D eigenvalue weighted by atomic mass is 10.2. The minimum absolute atomic E-state index is 0.708. The zero-order valence-corrected chi connectivity index (χ0v) is 8.75. The van der Waals surface area contributed by atoms with Gasteiger partial charge in [-0.05, 0) is 46.0 Å². The number of rotatable bonds is 1. The predicted octanol–water partition coefficient (Wildman–Crippen LogP) is 1.98. The fourth-order valence-electron chi connectivity index (χ4n) is 2.38. The van der Waals surface area contributed by atoms with Crippen LogP contribution in [-0.2, 0) is 0 Å². The van der Waals surface area contributed by atoms with Crippen LogP contribution in [0.1, 0.15) is 23.9 Å². The molecule has 0 amide bonds. The van der Waals surface area contributed by atoms with E-state index >= 15 is 0 Å². The van der Waals surface area contributed by atoms with Crippen LogP contribution in [0.2, 0.25) is 0 Å². The van der Waals surface area contributed by atoms with Gasteiger partial charge in [0.15, 0.2) is 0 Å². The van der Waals surface area contributed by atoms with Gasteiger partial charge in [-0.1, -0.05) is 0 Å². The third kappa shape index (κ3) is 1.51. The van der Waals surface area contributed by atoms with Gasteiger partial charge < -0.3 is 9.47 Å². The van der Waals surface area contributed by atoms with Gasteiger partial charge in [-0.3, -0.25) is 0 Å². The van der Waals surface area contributed by atoms with Crippen molar-refractivity contribution in [2.75, 3.05) is 20.1 Å². The molecule has 0 spiro atoms. The van der Waals surface area contributed by atoms with Gasteiger partial charge in [-0.2, -0.15) is 0 Å². The van der Waals surface area contributed by atoms with E-state index in [1.807, 2.05) is 0 Å². The second-order valence-corrected chi connectivity index (χ2v) is 4.19. The number of aromatic nitrogens is 1. The fourth-order valence-corrected chi connectivity index (χ4v) is 2.38. The second-order valence-electron chi connectivity index (χ2n) is 4.19. The molecule has 1 fully saturated rings. The van der Waals surface area contributed by atoms with Crippen molar-refractivity contribution in [2.45, 2.75) is 26.3 Å². The molecule has 2 heterocycles. The molecule has 0 bridgehead atoms. The van der Waals surface area contributed by atoms with Gasteiger partial charge in [-0.15, -0.1) is 0 Å². The number of likely N-dealkylation sites (N-methyl/N-ethyl adjacent to an activating group) is 1. The van der Waals surface area contributed by atoms with Crippen molar-refractivity contribution in [2.24, 2.45) is 0 Å². The Morgan fingerprint density at radius 1 is 1.23 bits per heavy atom. The molecule has 1 aromatic rings. The van der Waals surface area contributed by atoms with Crippen molar-refractivity contribution in [3.8, 4) is 0 Å². The smallest absolute Gasteiger partial charge is 0.0474 e. The molecule has 0 radical (unpaired) electrons. The van der Waals surface area contributed by atoms with Crippen LogP contribution in [0.5, 0.6) is 0 Å². The molecule has 1 saturated heterocycles. The van der Waals surface area contributed by atoms with Gasteiger partial charge in [0.25, 0.3) is 0 Å². The predicted molar refractivity (Wildman–Crippen MR) is 55.1 cm³/mol. The first-order chi connectivity index (χ1) is 6.18. The summed E-state index contributed by atoms with van der Waals surface area (Å²) < 4.78 is 2.48. The van der Waals surface area contributed by atoms with E-state index < -0.39 is 0 Å². The van der Waals surface area contributed by atoms with Crippen molar-refractivity contribution in [3.63, 3.8) is 0 Å². The Hall–Kier alpha value is -0.760. The summed E-state index contributed by atoms with van der Waals surface area (Å²) in [5, 5.41) is 0.